The highest BCUT2D eigenvalue weighted by atomic mass is 32.2. The van der Waals surface area contributed by atoms with Gasteiger partial charge in [-0.2, -0.15) is 4.68 Å². The molecule has 0 radical (unpaired) electrons. The van der Waals surface area contributed by atoms with Gasteiger partial charge in [-0.3, -0.25) is 4.79 Å². The quantitative estimate of drug-likeness (QED) is 0.606. The zero-order chi connectivity index (χ0) is 21.0. The number of thioether (sulfide) groups is 1. The van der Waals surface area contributed by atoms with Gasteiger partial charge in [0.2, 0.25) is 11.1 Å². The summed E-state index contributed by atoms with van der Waals surface area (Å²) in [6.45, 7) is 3.94. The number of halogens is 3. The van der Waals surface area contributed by atoms with Crippen molar-refractivity contribution in [2.24, 2.45) is 0 Å². The number of aryl methyl sites for hydroxylation is 1. The molecule has 1 N–H and O–H groups in total. The average molecular weight is 423 g/mol. The topological polar surface area (TPSA) is 81.9 Å². The standard InChI is InChI=1S/C18H16F3N5O2S/c1-11-4-3-5-15(12(11)2)26-17(23-24-25-26)29-10-16(27)22-13-6-8-14(9-7-13)28-18(19,20)21/h3-9H,10H2,1-2H3,(H,22,27). The second kappa shape index (κ2) is 8.52. The Morgan fingerprint density at radius 2 is 1.90 bits per heavy atom. The predicted molar refractivity (Wildman–Crippen MR) is 101 cm³/mol. The van der Waals surface area contributed by atoms with Gasteiger partial charge < -0.3 is 10.1 Å². The Morgan fingerprint density at radius 1 is 1.17 bits per heavy atom. The number of carbonyl (C=O) groups excluding carboxylic acids is 1. The lowest BCUT2D eigenvalue weighted by Crippen LogP contribution is -2.17. The van der Waals surface area contributed by atoms with E-state index in [1.165, 1.54) is 12.1 Å². The monoisotopic (exact) mass is 423 g/mol. The van der Waals surface area contributed by atoms with Crippen LogP contribution in [0.4, 0.5) is 18.9 Å². The Kier molecular flexibility index (Phi) is 6.06. The number of hydrogen-bond acceptors (Lipinski definition) is 6. The maximum Gasteiger partial charge on any atom is 0.573 e. The van der Waals surface area contributed by atoms with Gasteiger partial charge in [0.25, 0.3) is 0 Å². The molecule has 7 nitrogen and oxygen atoms in total. The highest BCUT2D eigenvalue weighted by molar-refractivity contribution is 7.99. The van der Waals surface area contributed by atoms with Gasteiger partial charge >= 0.3 is 6.36 Å². The summed E-state index contributed by atoms with van der Waals surface area (Å²) in [7, 11) is 0. The van der Waals surface area contributed by atoms with Crippen LogP contribution in [0.15, 0.2) is 47.6 Å². The summed E-state index contributed by atoms with van der Waals surface area (Å²) < 4.78 is 41.9. The van der Waals surface area contributed by atoms with Crippen molar-refractivity contribution >= 4 is 23.4 Å². The number of ether oxygens (including phenoxy) is 1. The molecule has 0 aliphatic carbocycles. The van der Waals surface area contributed by atoms with E-state index in [0.717, 1.165) is 40.7 Å². The van der Waals surface area contributed by atoms with E-state index in [1.807, 2.05) is 32.0 Å². The Hall–Kier alpha value is -3.08. The first-order valence-corrected chi connectivity index (χ1v) is 9.35. The number of amides is 1. The summed E-state index contributed by atoms with van der Waals surface area (Å²) in [6, 6.07) is 10.6. The van der Waals surface area contributed by atoms with Crippen molar-refractivity contribution in [3.63, 3.8) is 0 Å². The number of nitrogens with zero attached hydrogens (tertiary/aromatic N) is 4. The van der Waals surface area contributed by atoms with Crippen LogP contribution < -0.4 is 10.1 Å². The summed E-state index contributed by atoms with van der Waals surface area (Å²) in [5.41, 5.74) is 3.27. The molecule has 0 atom stereocenters. The molecule has 1 amide bonds. The normalized spacial score (nSPS) is 11.3. The Balaban J connectivity index is 1.61. The number of aromatic nitrogens is 4. The molecule has 0 saturated heterocycles. The number of anilines is 1. The van der Waals surface area contributed by atoms with E-state index in [2.05, 4.69) is 25.6 Å². The highest BCUT2D eigenvalue weighted by Gasteiger charge is 2.30. The number of alkyl halides is 3. The fourth-order valence-electron chi connectivity index (χ4n) is 2.45. The number of rotatable bonds is 6. The van der Waals surface area contributed by atoms with Crippen LogP contribution >= 0.6 is 11.8 Å². The Morgan fingerprint density at radius 3 is 2.59 bits per heavy atom. The maximum absolute atomic E-state index is 12.2. The lowest BCUT2D eigenvalue weighted by Gasteiger charge is -2.10. The summed E-state index contributed by atoms with van der Waals surface area (Å²) >= 11 is 1.14. The molecule has 0 saturated carbocycles. The zero-order valence-corrected chi connectivity index (χ0v) is 16.2. The first-order chi connectivity index (χ1) is 13.7. The third-order valence-corrected chi connectivity index (χ3v) is 4.87. The molecular weight excluding hydrogens is 407 g/mol. The van der Waals surface area contributed by atoms with E-state index >= 15 is 0 Å². The second-order valence-corrected chi connectivity index (χ2v) is 6.94. The van der Waals surface area contributed by atoms with E-state index < -0.39 is 6.36 Å². The van der Waals surface area contributed by atoms with Crippen LogP contribution in [0.25, 0.3) is 5.69 Å². The summed E-state index contributed by atoms with van der Waals surface area (Å²) in [5, 5.41) is 14.7. The van der Waals surface area contributed by atoms with Crippen molar-refractivity contribution in [3.05, 3.63) is 53.6 Å². The number of carbonyl (C=O) groups is 1. The lowest BCUT2D eigenvalue weighted by atomic mass is 10.1. The summed E-state index contributed by atoms with van der Waals surface area (Å²) in [4.78, 5) is 12.2. The van der Waals surface area contributed by atoms with Crippen molar-refractivity contribution in [1.29, 1.82) is 0 Å². The molecule has 0 fully saturated rings. The van der Waals surface area contributed by atoms with Gasteiger partial charge in [0.15, 0.2) is 0 Å². The molecule has 1 heterocycles. The van der Waals surface area contributed by atoms with Crippen molar-refractivity contribution in [2.75, 3.05) is 11.1 Å². The van der Waals surface area contributed by atoms with Crippen LogP contribution in [0, 0.1) is 13.8 Å². The first kappa shape index (κ1) is 20.6. The predicted octanol–water partition coefficient (Wildman–Crippen LogP) is 3.91. The minimum absolute atomic E-state index is 0.0199. The molecular formula is C18H16F3N5O2S. The number of benzene rings is 2. The third-order valence-electron chi connectivity index (χ3n) is 3.95. The number of tetrazole rings is 1. The molecule has 1 aromatic heterocycles. The van der Waals surface area contributed by atoms with Crippen LogP contribution in [-0.2, 0) is 4.79 Å². The van der Waals surface area contributed by atoms with Crippen LogP contribution in [0.1, 0.15) is 11.1 Å². The molecule has 0 aliphatic heterocycles. The molecule has 0 aliphatic rings. The highest BCUT2D eigenvalue weighted by Crippen LogP contribution is 2.25. The maximum atomic E-state index is 12.2. The van der Waals surface area contributed by atoms with Crippen LogP contribution in [0.2, 0.25) is 0 Å². The van der Waals surface area contributed by atoms with E-state index in [-0.39, 0.29) is 17.4 Å². The number of nitrogens with one attached hydrogen (secondary N) is 1. The first-order valence-electron chi connectivity index (χ1n) is 8.36. The molecule has 29 heavy (non-hydrogen) atoms. The minimum Gasteiger partial charge on any atom is -0.406 e. The molecule has 152 valence electrons. The van der Waals surface area contributed by atoms with Crippen molar-refractivity contribution in [3.8, 4) is 11.4 Å². The van der Waals surface area contributed by atoms with E-state index in [0.29, 0.717) is 10.8 Å². The van der Waals surface area contributed by atoms with E-state index in [1.54, 1.807) is 4.68 Å². The molecule has 11 heteroatoms. The molecule has 3 rings (SSSR count). The molecule has 2 aromatic carbocycles. The summed E-state index contributed by atoms with van der Waals surface area (Å²) in [5.74, 6) is -0.695. The molecule has 0 unspecified atom stereocenters. The van der Waals surface area contributed by atoms with Crippen LogP contribution in [-0.4, -0.2) is 38.2 Å². The number of hydrogen-bond donors (Lipinski definition) is 1. The van der Waals surface area contributed by atoms with Crippen LogP contribution in [0.5, 0.6) is 5.75 Å². The summed E-state index contributed by atoms with van der Waals surface area (Å²) in [6.07, 6.45) is -4.76. The third kappa shape index (κ3) is 5.47. The fraction of sp³-hybridized carbons (Fsp3) is 0.222. The van der Waals surface area contributed by atoms with E-state index in [9.17, 15) is 18.0 Å². The minimum atomic E-state index is -4.76. The van der Waals surface area contributed by atoms with Gasteiger partial charge in [-0.25, -0.2) is 0 Å². The molecule has 3 aromatic rings. The smallest absolute Gasteiger partial charge is 0.406 e. The van der Waals surface area contributed by atoms with Gasteiger partial charge in [-0.15, -0.1) is 18.3 Å². The van der Waals surface area contributed by atoms with Crippen LogP contribution in [0.3, 0.4) is 0 Å². The van der Waals surface area contributed by atoms with Gasteiger partial charge in [0.05, 0.1) is 11.4 Å². The fourth-order valence-corrected chi connectivity index (χ4v) is 3.14. The van der Waals surface area contributed by atoms with Crippen molar-refractivity contribution in [1.82, 2.24) is 20.2 Å². The average Bonchev–Trinajstić information content (AvgIpc) is 3.11. The largest absolute Gasteiger partial charge is 0.573 e. The van der Waals surface area contributed by atoms with Gasteiger partial charge in [0, 0.05) is 5.69 Å². The SMILES string of the molecule is Cc1cccc(-n2nnnc2SCC(=O)Nc2ccc(OC(F)(F)F)cc2)c1C. The van der Waals surface area contributed by atoms with Crippen molar-refractivity contribution in [2.45, 2.75) is 25.4 Å². The zero-order valence-electron chi connectivity index (χ0n) is 15.4. The lowest BCUT2D eigenvalue weighted by molar-refractivity contribution is -0.274. The Bertz CT molecular complexity index is 1010. The van der Waals surface area contributed by atoms with Crippen molar-refractivity contribution < 1.29 is 22.7 Å². The second-order valence-electron chi connectivity index (χ2n) is 6.00. The molecule has 0 spiro atoms. The molecule has 0 bridgehead atoms. The van der Waals surface area contributed by atoms with Gasteiger partial charge in [-0.1, -0.05) is 23.9 Å². The van der Waals surface area contributed by atoms with Gasteiger partial charge in [0.1, 0.15) is 5.75 Å². The van der Waals surface area contributed by atoms with E-state index in [4.69, 9.17) is 0 Å². The van der Waals surface area contributed by atoms with Gasteiger partial charge in [-0.05, 0) is 65.7 Å². The Labute approximate surface area is 168 Å².